The van der Waals surface area contributed by atoms with Crippen LogP contribution >= 0.6 is 11.8 Å². The zero-order chi connectivity index (χ0) is 11.6. The van der Waals surface area contributed by atoms with Gasteiger partial charge < -0.3 is 0 Å². The fourth-order valence-electron chi connectivity index (χ4n) is 1.29. The third kappa shape index (κ3) is 1.75. The maximum absolute atomic E-state index is 9.00. The van der Waals surface area contributed by atoms with Crippen LogP contribution in [0.15, 0.2) is 21.6 Å². The molecule has 0 bridgehead atoms. The summed E-state index contributed by atoms with van der Waals surface area (Å²) in [5.74, 6) is 0. The first-order chi connectivity index (χ1) is 6.97. The lowest BCUT2D eigenvalue weighted by Crippen LogP contribution is -2.11. The van der Waals surface area contributed by atoms with Crippen LogP contribution in [0.1, 0.15) is 20.8 Å². The van der Waals surface area contributed by atoms with E-state index in [4.69, 9.17) is 15.8 Å². The van der Waals surface area contributed by atoms with Crippen molar-refractivity contribution in [3.05, 3.63) is 21.6 Å². The number of allylic oxidation sites excluding steroid dienone is 2. The lowest BCUT2D eigenvalue weighted by atomic mass is 9.98. The van der Waals surface area contributed by atoms with E-state index in [2.05, 4.69) is 6.07 Å². The Morgan fingerprint density at radius 3 is 2.13 bits per heavy atom. The molecule has 0 spiro atoms. The fraction of sp³-hybridized carbons (Fsp3) is 0.364. The Hall–Kier alpha value is -1.70. The predicted octanol–water partition coefficient (Wildman–Crippen LogP) is 2.65. The van der Waals surface area contributed by atoms with Crippen molar-refractivity contribution >= 4 is 11.8 Å². The largest absolute Gasteiger partial charge is 0.192 e. The molecule has 3 nitrogen and oxygen atoms in total. The van der Waals surface area contributed by atoms with Crippen LogP contribution in [0.3, 0.4) is 0 Å². The standard InChI is InChI=1S/C11H9N3S/c1-7-9(6-14)10(8(4-12)5-13)15-11(7,2)3/h1-3H3. The van der Waals surface area contributed by atoms with Gasteiger partial charge in [0.05, 0.1) is 10.5 Å². The average Bonchev–Trinajstić information content (AvgIpc) is 2.40. The minimum Gasteiger partial charge on any atom is -0.192 e. The average molecular weight is 215 g/mol. The van der Waals surface area contributed by atoms with E-state index in [-0.39, 0.29) is 10.3 Å². The van der Waals surface area contributed by atoms with Crippen molar-refractivity contribution in [3.8, 4) is 18.2 Å². The molecule has 0 saturated carbocycles. The molecule has 0 aromatic heterocycles. The summed E-state index contributed by atoms with van der Waals surface area (Å²) in [4.78, 5) is 0.519. The van der Waals surface area contributed by atoms with Gasteiger partial charge in [0.2, 0.25) is 0 Å². The molecule has 1 rings (SSSR count). The molecule has 1 aliphatic rings. The van der Waals surface area contributed by atoms with E-state index in [1.54, 1.807) is 0 Å². The summed E-state index contributed by atoms with van der Waals surface area (Å²) in [6.45, 7) is 5.82. The highest BCUT2D eigenvalue weighted by molar-refractivity contribution is 8.05. The Labute approximate surface area is 93.3 Å². The number of nitrogens with zero attached hydrogens (tertiary/aromatic N) is 3. The number of rotatable bonds is 0. The van der Waals surface area contributed by atoms with Crippen LogP contribution in [0.25, 0.3) is 0 Å². The minimum absolute atomic E-state index is 0.0291. The Balaban J connectivity index is 3.47. The molecule has 0 fully saturated rings. The number of thioether (sulfide) groups is 1. The van der Waals surface area contributed by atoms with Crippen LogP contribution in [-0.2, 0) is 0 Å². The zero-order valence-electron chi connectivity index (χ0n) is 8.75. The molecule has 1 heterocycles. The molecular formula is C11H9N3S. The Morgan fingerprint density at radius 1 is 1.20 bits per heavy atom. The summed E-state index contributed by atoms with van der Waals surface area (Å²) in [5.41, 5.74) is 1.43. The van der Waals surface area contributed by atoms with Gasteiger partial charge in [-0.15, -0.1) is 11.8 Å². The van der Waals surface area contributed by atoms with Crippen molar-refractivity contribution in [2.45, 2.75) is 25.5 Å². The second-order valence-electron chi connectivity index (χ2n) is 3.65. The molecule has 0 amide bonds. The van der Waals surface area contributed by atoms with Gasteiger partial charge in [-0.3, -0.25) is 0 Å². The third-order valence-electron chi connectivity index (χ3n) is 2.42. The zero-order valence-corrected chi connectivity index (χ0v) is 9.57. The summed E-state index contributed by atoms with van der Waals surface area (Å²) in [6.07, 6.45) is 0. The van der Waals surface area contributed by atoms with E-state index in [1.165, 1.54) is 11.8 Å². The molecule has 0 aliphatic carbocycles. The van der Waals surface area contributed by atoms with Crippen molar-refractivity contribution in [1.82, 2.24) is 0 Å². The van der Waals surface area contributed by atoms with Crippen LogP contribution in [0.2, 0.25) is 0 Å². The monoisotopic (exact) mass is 215 g/mol. The second-order valence-corrected chi connectivity index (χ2v) is 5.28. The normalized spacial score (nSPS) is 18.0. The topological polar surface area (TPSA) is 71.4 Å². The summed E-state index contributed by atoms with van der Waals surface area (Å²) >= 11 is 1.40. The van der Waals surface area contributed by atoms with Gasteiger partial charge in [-0.25, -0.2) is 0 Å². The Bertz CT molecular complexity index is 473. The molecule has 4 heteroatoms. The maximum atomic E-state index is 9.00. The molecule has 0 aromatic carbocycles. The SMILES string of the molecule is CC1=C(C#N)C(=C(C#N)C#N)SC1(C)C. The highest BCUT2D eigenvalue weighted by Crippen LogP contribution is 2.50. The number of hydrogen-bond donors (Lipinski definition) is 0. The van der Waals surface area contributed by atoms with E-state index in [1.807, 2.05) is 32.9 Å². The van der Waals surface area contributed by atoms with Gasteiger partial charge in [-0.2, -0.15) is 15.8 Å². The first-order valence-corrected chi connectivity index (χ1v) is 5.15. The third-order valence-corrected chi connectivity index (χ3v) is 3.85. The summed E-state index contributed by atoms with van der Waals surface area (Å²) in [5, 5.41) is 26.6. The van der Waals surface area contributed by atoms with Crippen molar-refractivity contribution in [3.63, 3.8) is 0 Å². The van der Waals surface area contributed by atoms with Crippen LogP contribution in [0.4, 0.5) is 0 Å². The minimum atomic E-state index is -0.209. The second kappa shape index (κ2) is 3.81. The van der Waals surface area contributed by atoms with Crippen LogP contribution in [0, 0.1) is 34.0 Å². The first kappa shape index (κ1) is 11.4. The van der Waals surface area contributed by atoms with Gasteiger partial charge in [-0.1, -0.05) is 0 Å². The Kier molecular flexibility index (Phi) is 2.89. The molecule has 74 valence electrons. The molecule has 0 atom stereocenters. The molecule has 0 unspecified atom stereocenters. The van der Waals surface area contributed by atoms with E-state index < -0.39 is 0 Å². The van der Waals surface area contributed by atoms with Gasteiger partial charge in [-0.05, 0) is 26.3 Å². The summed E-state index contributed by atoms with van der Waals surface area (Å²) < 4.78 is -0.209. The Morgan fingerprint density at radius 2 is 1.73 bits per heavy atom. The van der Waals surface area contributed by atoms with E-state index in [0.29, 0.717) is 10.5 Å². The molecular weight excluding hydrogens is 206 g/mol. The van der Waals surface area contributed by atoms with E-state index in [9.17, 15) is 0 Å². The van der Waals surface area contributed by atoms with E-state index in [0.717, 1.165) is 5.57 Å². The molecule has 0 N–H and O–H groups in total. The highest BCUT2D eigenvalue weighted by atomic mass is 32.2. The quantitative estimate of drug-likeness (QED) is 0.582. The van der Waals surface area contributed by atoms with E-state index >= 15 is 0 Å². The molecule has 1 aliphatic heterocycles. The molecule has 0 saturated heterocycles. The summed E-state index contributed by atoms with van der Waals surface area (Å²) in [7, 11) is 0. The first-order valence-electron chi connectivity index (χ1n) is 4.33. The van der Waals surface area contributed by atoms with Crippen molar-refractivity contribution < 1.29 is 0 Å². The van der Waals surface area contributed by atoms with Crippen LogP contribution < -0.4 is 0 Å². The molecule has 0 aromatic rings. The lowest BCUT2D eigenvalue weighted by Gasteiger charge is -2.17. The number of hydrogen-bond acceptors (Lipinski definition) is 4. The predicted molar refractivity (Wildman–Crippen MR) is 58.2 cm³/mol. The summed E-state index contributed by atoms with van der Waals surface area (Å²) in [6, 6.07) is 5.72. The molecule has 15 heavy (non-hydrogen) atoms. The van der Waals surface area contributed by atoms with Crippen LogP contribution in [0.5, 0.6) is 0 Å². The van der Waals surface area contributed by atoms with Crippen molar-refractivity contribution in [2.75, 3.05) is 0 Å². The van der Waals surface area contributed by atoms with Gasteiger partial charge in [0.1, 0.15) is 23.8 Å². The highest BCUT2D eigenvalue weighted by Gasteiger charge is 2.36. The van der Waals surface area contributed by atoms with Crippen LogP contribution in [-0.4, -0.2) is 4.75 Å². The lowest BCUT2D eigenvalue weighted by molar-refractivity contribution is 0.841. The van der Waals surface area contributed by atoms with Gasteiger partial charge >= 0.3 is 0 Å². The van der Waals surface area contributed by atoms with Gasteiger partial charge in [0.15, 0.2) is 0 Å². The van der Waals surface area contributed by atoms with Crippen molar-refractivity contribution in [2.24, 2.45) is 0 Å². The molecule has 0 radical (unpaired) electrons. The number of nitriles is 3. The maximum Gasteiger partial charge on any atom is 0.144 e. The van der Waals surface area contributed by atoms with Gasteiger partial charge in [0, 0.05) is 4.75 Å². The van der Waals surface area contributed by atoms with Gasteiger partial charge in [0.25, 0.3) is 0 Å². The fourth-order valence-corrected chi connectivity index (χ4v) is 2.55. The van der Waals surface area contributed by atoms with Crippen molar-refractivity contribution in [1.29, 1.82) is 15.8 Å². The smallest absolute Gasteiger partial charge is 0.144 e.